The summed E-state index contributed by atoms with van der Waals surface area (Å²) in [5.74, 6) is -1.17. The summed E-state index contributed by atoms with van der Waals surface area (Å²) in [4.78, 5) is 31.1. The fourth-order valence-corrected chi connectivity index (χ4v) is 3.99. The maximum atomic E-state index is 13.3. The Morgan fingerprint density at radius 3 is 2.20 bits per heavy atom. The van der Waals surface area contributed by atoms with E-state index in [1.165, 1.54) is 24.3 Å². The van der Waals surface area contributed by atoms with Gasteiger partial charge in [-0.05, 0) is 30.5 Å². The average molecular weight is 516 g/mol. The van der Waals surface area contributed by atoms with E-state index in [0.29, 0.717) is 5.56 Å². The van der Waals surface area contributed by atoms with Crippen LogP contribution in [0.2, 0.25) is 0 Å². The maximum absolute atomic E-state index is 13.3. The minimum absolute atomic E-state index is 0.0678. The summed E-state index contributed by atoms with van der Waals surface area (Å²) in [5, 5.41) is 0.0714. The highest BCUT2D eigenvalue weighted by molar-refractivity contribution is 7.85. The molecule has 0 aliphatic carbocycles. The molecule has 35 heavy (non-hydrogen) atoms. The molecule has 13 heteroatoms. The highest BCUT2D eigenvalue weighted by Gasteiger charge is 2.47. The molecule has 1 aliphatic heterocycles. The van der Waals surface area contributed by atoms with Crippen molar-refractivity contribution < 1.29 is 44.9 Å². The van der Waals surface area contributed by atoms with Crippen molar-refractivity contribution in [3.8, 4) is 0 Å². The lowest BCUT2D eigenvalue weighted by atomic mass is 10.2. The van der Waals surface area contributed by atoms with Crippen molar-refractivity contribution in [3.63, 3.8) is 0 Å². The third kappa shape index (κ3) is 7.67. The van der Waals surface area contributed by atoms with Crippen molar-refractivity contribution in [3.05, 3.63) is 66.2 Å². The Balaban J connectivity index is 1.87. The average Bonchev–Trinajstić information content (AvgIpc) is 3.24. The van der Waals surface area contributed by atoms with E-state index in [2.05, 4.69) is 4.84 Å². The molecule has 0 spiro atoms. The topological polar surface area (TPSA) is 102 Å². The number of para-hydroxylation sites is 1. The number of carbonyl (C=O) groups excluding carboxylic acids is 2. The van der Waals surface area contributed by atoms with Crippen LogP contribution < -0.4 is 5.06 Å². The van der Waals surface area contributed by atoms with Gasteiger partial charge in [-0.25, -0.2) is 4.79 Å². The van der Waals surface area contributed by atoms with Gasteiger partial charge in [0.15, 0.2) is 0 Å². The highest BCUT2D eigenvalue weighted by atomic mass is 32.2. The molecule has 0 radical (unpaired) electrons. The SMILES string of the molecule is CS(=O)(=O)OCC1CCC(C(=O)N(OC(F)(F)F)c2ccccc2)N1C(=O)OCc1ccccc1. The van der Waals surface area contributed by atoms with Crippen LogP contribution in [0, 0.1) is 0 Å². The summed E-state index contributed by atoms with van der Waals surface area (Å²) in [6.45, 7) is -0.660. The minimum Gasteiger partial charge on any atom is -0.445 e. The van der Waals surface area contributed by atoms with Gasteiger partial charge >= 0.3 is 12.5 Å². The van der Waals surface area contributed by atoms with Crippen molar-refractivity contribution in [2.75, 3.05) is 17.9 Å². The Bertz CT molecular complexity index is 1110. The molecule has 3 rings (SSSR count). The molecule has 1 heterocycles. The molecular weight excluding hydrogens is 493 g/mol. The van der Waals surface area contributed by atoms with Crippen LogP contribution in [0.15, 0.2) is 60.7 Å². The van der Waals surface area contributed by atoms with Gasteiger partial charge in [0.1, 0.15) is 12.6 Å². The lowest BCUT2D eigenvalue weighted by molar-refractivity contribution is -0.327. The van der Waals surface area contributed by atoms with Crippen LogP contribution >= 0.6 is 0 Å². The summed E-state index contributed by atoms with van der Waals surface area (Å²) in [6, 6.07) is 13.1. The number of hydrogen-bond donors (Lipinski definition) is 0. The monoisotopic (exact) mass is 516 g/mol. The zero-order valence-corrected chi connectivity index (χ0v) is 19.4. The lowest BCUT2D eigenvalue weighted by Gasteiger charge is -2.32. The molecule has 0 saturated carbocycles. The number of rotatable bonds is 8. The van der Waals surface area contributed by atoms with Crippen molar-refractivity contribution in [2.45, 2.75) is 37.9 Å². The van der Waals surface area contributed by atoms with E-state index in [-0.39, 0.29) is 30.2 Å². The minimum atomic E-state index is -5.19. The fourth-order valence-electron chi connectivity index (χ4n) is 3.59. The number of carbonyl (C=O) groups is 2. The van der Waals surface area contributed by atoms with Gasteiger partial charge in [0.05, 0.1) is 24.6 Å². The van der Waals surface area contributed by atoms with Crippen LogP contribution in [-0.4, -0.2) is 56.6 Å². The molecule has 2 aromatic rings. The number of nitrogens with zero attached hydrogens (tertiary/aromatic N) is 2. The molecule has 2 unspecified atom stereocenters. The predicted molar refractivity (Wildman–Crippen MR) is 117 cm³/mol. The van der Waals surface area contributed by atoms with Gasteiger partial charge < -0.3 is 4.74 Å². The Kier molecular flexibility index (Phi) is 8.35. The second kappa shape index (κ2) is 11.1. The number of benzene rings is 2. The smallest absolute Gasteiger partial charge is 0.445 e. The molecule has 1 aliphatic rings. The third-order valence-corrected chi connectivity index (χ3v) is 5.63. The Morgan fingerprint density at radius 1 is 1.03 bits per heavy atom. The van der Waals surface area contributed by atoms with Gasteiger partial charge in [-0.15, -0.1) is 13.2 Å². The van der Waals surface area contributed by atoms with E-state index in [4.69, 9.17) is 8.92 Å². The molecule has 0 N–H and O–H groups in total. The van der Waals surface area contributed by atoms with Crippen LogP contribution in [0.4, 0.5) is 23.7 Å². The number of hydroxylamine groups is 1. The molecule has 1 fully saturated rings. The van der Waals surface area contributed by atoms with Gasteiger partial charge in [0.2, 0.25) is 0 Å². The standard InChI is InChI=1S/C22H23F3N2O7S/c1-35(30,31)33-15-18-12-13-19(26(18)21(29)32-14-16-8-4-2-5-9-16)20(28)27(34-22(23,24)25)17-10-6-3-7-11-17/h2-11,18-19H,12-15H2,1H3. The number of amides is 2. The first-order chi connectivity index (χ1) is 16.4. The van der Waals surface area contributed by atoms with Crippen LogP contribution in [-0.2, 0) is 35.3 Å². The summed E-state index contributed by atoms with van der Waals surface area (Å²) in [5.41, 5.74) is 0.432. The Morgan fingerprint density at radius 2 is 1.63 bits per heavy atom. The normalized spacial score (nSPS) is 18.3. The molecule has 9 nitrogen and oxygen atoms in total. The molecule has 190 valence electrons. The first kappa shape index (κ1) is 26.4. The van der Waals surface area contributed by atoms with E-state index in [1.807, 2.05) is 0 Å². The first-order valence-corrected chi connectivity index (χ1v) is 12.2. The van der Waals surface area contributed by atoms with Gasteiger partial charge in [0.25, 0.3) is 16.0 Å². The molecule has 0 aromatic heterocycles. The number of halogens is 3. The van der Waals surface area contributed by atoms with E-state index in [0.717, 1.165) is 11.2 Å². The predicted octanol–water partition coefficient (Wildman–Crippen LogP) is 3.62. The van der Waals surface area contributed by atoms with Crippen molar-refractivity contribution in [2.24, 2.45) is 0 Å². The summed E-state index contributed by atoms with van der Waals surface area (Å²) in [6.07, 6.45) is -5.37. The zero-order valence-electron chi connectivity index (χ0n) is 18.6. The molecule has 1 saturated heterocycles. The molecular formula is C22H23F3N2O7S. The van der Waals surface area contributed by atoms with Gasteiger partial charge in [-0.2, -0.15) is 18.3 Å². The largest absolute Gasteiger partial charge is 0.544 e. The molecule has 0 bridgehead atoms. The molecule has 2 aromatic carbocycles. The van der Waals surface area contributed by atoms with Crippen molar-refractivity contribution in [1.82, 2.24) is 4.90 Å². The number of ether oxygens (including phenoxy) is 1. The van der Waals surface area contributed by atoms with Crippen LogP contribution in [0.25, 0.3) is 0 Å². The summed E-state index contributed by atoms with van der Waals surface area (Å²) in [7, 11) is -3.88. The lowest BCUT2D eigenvalue weighted by Crippen LogP contribution is -2.52. The van der Waals surface area contributed by atoms with Crippen molar-refractivity contribution in [1.29, 1.82) is 0 Å². The second-order valence-electron chi connectivity index (χ2n) is 7.69. The fraction of sp³-hybridized carbons (Fsp3) is 0.364. The third-order valence-electron chi connectivity index (χ3n) is 5.06. The highest BCUT2D eigenvalue weighted by Crippen LogP contribution is 2.31. The quantitative estimate of drug-likeness (QED) is 0.390. The first-order valence-electron chi connectivity index (χ1n) is 10.4. The zero-order chi connectivity index (χ0) is 25.6. The Hall–Kier alpha value is -3.16. The van der Waals surface area contributed by atoms with Gasteiger partial charge in [-0.3, -0.25) is 13.9 Å². The van der Waals surface area contributed by atoms with E-state index in [1.54, 1.807) is 36.4 Å². The number of alkyl halides is 3. The van der Waals surface area contributed by atoms with Crippen LogP contribution in [0.3, 0.4) is 0 Å². The summed E-state index contributed by atoms with van der Waals surface area (Å²) >= 11 is 0. The number of anilines is 1. The summed E-state index contributed by atoms with van der Waals surface area (Å²) < 4.78 is 72.4. The Labute approximate surface area is 200 Å². The number of hydrogen-bond acceptors (Lipinski definition) is 7. The van der Waals surface area contributed by atoms with Gasteiger partial charge in [-0.1, -0.05) is 48.5 Å². The van der Waals surface area contributed by atoms with Crippen molar-refractivity contribution >= 4 is 27.8 Å². The maximum Gasteiger partial charge on any atom is 0.544 e. The van der Waals surface area contributed by atoms with Gasteiger partial charge in [0, 0.05) is 0 Å². The van der Waals surface area contributed by atoms with E-state index in [9.17, 15) is 31.2 Å². The van der Waals surface area contributed by atoms with E-state index < -0.39 is 47.2 Å². The molecule has 2 amide bonds. The van der Waals surface area contributed by atoms with Crippen LogP contribution in [0.5, 0.6) is 0 Å². The number of likely N-dealkylation sites (tertiary alicyclic amines) is 1. The molecule has 2 atom stereocenters. The second-order valence-corrected chi connectivity index (χ2v) is 9.33. The van der Waals surface area contributed by atoms with E-state index >= 15 is 0 Å². The van der Waals surface area contributed by atoms with Crippen LogP contribution in [0.1, 0.15) is 18.4 Å².